The lowest BCUT2D eigenvalue weighted by atomic mass is 9.79. The van der Waals surface area contributed by atoms with Crippen molar-refractivity contribution in [2.45, 2.75) is 52.1 Å². The largest absolute Gasteiger partial charge is 0.492 e. The van der Waals surface area contributed by atoms with Gasteiger partial charge in [0.2, 0.25) is 0 Å². The van der Waals surface area contributed by atoms with Crippen LogP contribution in [-0.4, -0.2) is 11.4 Å². The second-order valence-corrected chi connectivity index (χ2v) is 5.08. The van der Waals surface area contributed by atoms with Crippen molar-refractivity contribution in [1.29, 1.82) is 0 Å². The Kier molecular flexibility index (Phi) is 2.17. The highest BCUT2D eigenvalue weighted by Gasteiger charge is 2.37. The molecule has 0 saturated heterocycles. The highest BCUT2D eigenvalue weighted by molar-refractivity contribution is 5.97. The van der Waals surface area contributed by atoms with Crippen LogP contribution in [0.25, 0.3) is 0 Å². The van der Waals surface area contributed by atoms with E-state index in [9.17, 15) is 4.79 Å². The smallest absolute Gasteiger partial charge is 0.162 e. The van der Waals surface area contributed by atoms with E-state index in [1.165, 1.54) is 0 Å². The molecule has 2 heteroatoms. The Hall–Kier alpha value is -0.790. The summed E-state index contributed by atoms with van der Waals surface area (Å²) in [6.45, 7) is 6.35. The first-order valence-corrected chi connectivity index (χ1v) is 5.45. The van der Waals surface area contributed by atoms with Gasteiger partial charge in [0.25, 0.3) is 0 Å². The molecule has 1 unspecified atom stereocenters. The van der Waals surface area contributed by atoms with Crippen LogP contribution in [0.1, 0.15) is 46.5 Å². The topological polar surface area (TPSA) is 26.3 Å². The molecule has 1 heterocycles. The molecule has 0 saturated carbocycles. The van der Waals surface area contributed by atoms with E-state index in [1.54, 1.807) is 0 Å². The standard InChI is InChI=1S/C12H18O2/c1-8-7-12(2,3)14-10-6-4-5-9(13)11(8)10/h8H,4-7H2,1-3H3. The van der Waals surface area contributed by atoms with Gasteiger partial charge in [-0.1, -0.05) is 6.92 Å². The summed E-state index contributed by atoms with van der Waals surface area (Å²) in [4.78, 5) is 11.7. The Morgan fingerprint density at radius 1 is 1.36 bits per heavy atom. The van der Waals surface area contributed by atoms with Gasteiger partial charge >= 0.3 is 0 Å². The van der Waals surface area contributed by atoms with Crippen LogP contribution in [-0.2, 0) is 9.53 Å². The number of hydrogen-bond donors (Lipinski definition) is 0. The predicted octanol–water partition coefficient (Wildman–Crippen LogP) is 2.83. The molecule has 0 aromatic heterocycles. The van der Waals surface area contributed by atoms with Crippen molar-refractivity contribution in [3.63, 3.8) is 0 Å². The minimum absolute atomic E-state index is 0.0874. The summed E-state index contributed by atoms with van der Waals surface area (Å²) >= 11 is 0. The van der Waals surface area contributed by atoms with Crippen LogP contribution in [0.5, 0.6) is 0 Å². The Balaban J connectivity index is 2.36. The second-order valence-electron chi connectivity index (χ2n) is 5.08. The molecule has 0 N–H and O–H groups in total. The maximum atomic E-state index is 11.7. The lowest BCUT2D eigenvalue weighted by molar-refractivity contribution is -0.118. The molecular formula is C12H18O2. The molecule has 78 valence electrons. The van der Waals surface area contributed by atoms with Crippen molar-refractivity contribution >= 4 is 5.78 Å². The van der Waals surface area contributed by atoms with Crippen LogP contribution in [0, 0.1) is 5.92 Å². The highest BCUT2D eigenvalue weighted by atomic mass is 16.5. The van der Waals surface area contributed by atoms with E-state index in [-0.39, 0.29) is 5.60 Å². The number of carbonyl (C=O) groups excluding carboxylic acids is 1. The van der Waals surface area contributed by atoms with Gasteiger partial charge in [0.15, 0.2) is 5.78 Å². The van der Waals surface area contributed by atoms with Crippen LogP contribution in [0.3, 0.4) is 0 Å². The number of Topliss-reactive ketones (excluding diaryl/α,β-unsaturated/α-hetero) is 1. The van der Waals surface area contributed by atoms with Gasteiger partial charge in [-0.15, -0.1) is 0 Å². The van der Waals surface area contributed by atoms with E-state index in [0.29, 0.717) is 18.1 Å². The molecule has 1 aliphatic heterocycles. The van der Waals surface area contributed by atoms with Gasteiger partial charge in [-0.25, -0.2) is 0 Å². The van der Waals surface area contributed by atoms with Crippen LogP contribution in [0.15, 0.2) is 11.3 Å². The normalized spacial score (nSPS) is 31.1. The van der Waals surface area contributed by atoms with E-state index in [4.69, 9.17) is 4.74 Å². The zero-order chi connectivity index (χ0) is 10.3. The first kappa shape index (κ1) is 9.75. The third-order valence-corrected chi connectivity index (χ3v) is 3.10. The fraction of sp³-hybridized carbons (Fsp3) is 0.750. The van der Waals surface area contributed by atoms with Gasteiger partial charge in [0.05, 0.1) is 0 Å². The van der Waals surface area contributed by atoms with Crippen molar-refractivity contribution in [3.8, 4) is 0 Å². The molecule has 0 aromatic carbocycles. The lowest BCUT2D eigenvalue weighted by Gasteiger charge is -2.39. The molecule has 0 bridgehead atoms. The van der Waals surface area contributed by atoms with E-state index < -0.39 is 0 Å². The zero-order valence-electron chi connectivity index (χ0n) is 9.22. The Bertz CT molecular complexity index is 299. The fourth-order valence-corrected chi connectivity index (χ4v) is 2.70. The average Bonchev–Trinajstić information content (AvgIpc) is 2.00. The number of carbonyl (C=O) groups is 1. The van der Waals surface area contributed by atoms with Gasteiger partial charge in [-0.2, -0.15) is 0 Å². The summed E-state index contributed by atoms with van der Waals surface area (Å²) in [5.41, 5.74) is 0.895. The van der Waals surface area contributed by atoms with Crippen molar-refractivity contribution < 1.29 is 9.53 Å². The maximum absolute atomic E-state index is 11.7. The fourth-order valence-electron chi connectivity index (χ4n) is 2.70. The molecule has 0 spiro atoms. The van der Waals surface area contributed by atoms with E-state index in [2.05, 4.69) is 20.8 Å². The van der Waals surface area contributed by atoms with Gasteiger partial charge in [0.1, 0.15) is 11.4 Å². The zero-order valence-corrected chi connectivity index (χ0v) is 9.22. The summed E-state index contributed by atoms with van der Waals surface area (Å²) in [6, 6.07) is 0. The van der Waals surface area contributed by atoms with Crippen molar-refractivity contribution in [3.05, 3.63) is 11.3 Å². The summed E-state index contributed by atoms with van der Waals surface area (Å²) < 4.78 is 5.88. The number of allylic oxidation sites excluding steroid dienone is 2. The first-order chi connectivity index (χ1) is 6.49. The molecular weight excluding hydrogens is 176 g/mol. The quantitative estimate of drug-likeness (QED) is 0.592. The van der Waals surface area contributed by atoms with Gasteiger partial charge in [0, 0.05) is 18.4 Å². The lowest BCUT2D eigenvalue weighted by Crippen LogP contribution is -2.36. The molecule has 2 rings (SSSR count). The number of hydrogen-bond acceptors (Lipinski definition) is 2. The molecule has 0 aromatic rings. The Morgan fingerprint density at radius 3 is 2.79 bits per heavy atom. The summed E-state index contributed by atoms with van der Waals surface area (Å²) in [5, 5.41) is 0. The second kappa shape index (κ2) is 3.11. The number of ketones is 1. The Labute approximate surface area is 85.3 Å². The van der Waals surface area contributed by atoms with Crippen LogP contribution < -0.4 is 0 Å². The summed E-state index contributed by atoms with van der Waals surface area (Å²) in [5.74, 6) is 1.67. The van der Waals surface area contributed by atoms with Crippen molar-refractivity contribution in [2.24, 2.45) is 5.92 Å². The maximum Gasteiger partial charge on any atom is 0.162 e. The molecule has 1 aliphatic carbocycles. The van der Waals surface area contributed by atoms with Crippen LogP contribution >= 0.6 is 0 Å². The average molecular weight is 194 g/mol. The molecule has 2 nitrogen and oxygen atoms in total. The van der Waals surface area contributed by atoms with E-state index in [0.717, 1.165) is 30.6 Å². The molecule has 0 fully saturated rings. The van der Waals surface area contributed by atoms with E-state index >= 15 is 0 Å². The van der Waals surface area contributed by atoms with Crippen LogP contribution in [0.4, 0.5) is 0 Å². The molecule has 1 atom stereocenters. The van der Waals surface area contributed by atoms with Crippen molar-refractivity contribution in [2.75, 3.05) is 0 Å². The van der Waals surface area contributed by atoms with Crippen LogP contribution in [0.2, 0.25) is 0 Å². The number of ether oxygens (including phenoxy) is 1. The SMILES string of the molecule is CC1CC(C)(C)OC2=C1C(=O)CCC2. The van der Waals surface area contributed by atoms with Gasteiger partial charge in [-0.05, 0) is 32.6 Å². The molecule has 0 amide bonds. The molecule has 0 radical (unpaired) electrons. The van der Waals surface area contributed by atoms with Gasteiger partial charge in [-0.3, -0.25) is 4.79 Å². The number of rotatable bonds is 0. The Morgan fingerprint density at radius 2 is 2.07 bits per heavy atom. The highest BCUT2D eigenvalue weighted by Crippen LogP contribution is 2.40. The first-order valence-electron chi connectivity index (χ1n) is 5.45. The third kappa shape index (κ3) is 1.58. The third-order valence-electron chi connectivity index (χ3n) is 3.10. The molecule has 14 heavy (non-hydrogen) atoms. The minimum atomic E-state index is -0.0874. The van der Waals surface area contributed by atoms with E-state index in [1.807, 2.05) is 0 Å². The minimum Gasteiger partial charge on any atom is -0.492 e. The van der Waals surface area contributed by atoms with Crippen molar-refractivity contribution in [1.82, 2.24) is 0 Å². The summed E-state index contributed by atoms with van der Waals surface area (Å²) in [6.07, 6.45) is 3.58. The van der Waals surface area contributed by atoms with Gasteiger partial charge < -0.3 is 4.74 Å². The predicted molar refractivity (Wildman–Crippen MR) is 54.8 cm³/mol. The summed E-state index contributed by atoms with van der Waals surface area (Å²) in [7, 11) is 0. The monoisotopic (exact) mass is 194 g/mol. The molecule has 2 aliphatic rings.